The molecule has 0 saturated heterocycles. The molecule has 2 aromatic rings. The minimum Gasteiger partial charge on any atom is -0.312 e. The summed E-state index contributed by atoms with van der Waals surface area (Å²) in [6.07, 6.45) is 2.76. The summed E-state index contributed by atoms with van der Waals surface area (Å²) < 4.78 is 0. The van der Waals surface area contributed by atoms with Gasteiger partial charge in [-0.15, -0.1) is 11.3 Å². The van der Waals surface area contributed by atoms with Crippen LogP contribution in [0.5, 0.6) is 0 Å². The number of rotatable bonds is 3. The normalized spacial score (nSPS) is 12.5. The van der Waals surface area contributed by atoms with Crippen LogP contribution in [0, 0.1) is 21.4 Å². The van der Waals surface area contributed by atoms with Gasteiger partial charge in [-0.2, -0.15) is 5.26 Å². The number of carbonyl (C=O) groups is 1. The molecule has 0 radical (unpaired) electrons. The Hall–Kier alpha value is -2.43. The van der Waals surface area contributed by atoms with Crippen LogP contribution in [0.4, 0.5) is 10.7 Å². The van der Waals surface area contributed by atoms with Gasteiger partial charge in [0.25, 0.3) is 11.6 Å². The van der Waals surface area contributed by atoms with E-state index in [1.807, 2.05) is 0 Å². The highest BCUT2D eigenvalue weighted by Gasteiger charge is 2.24. The van der Waals surface area contributed by atoms with Gasteiger partial charge in [-0.25, -0.2) is 0 Å². The fourth-order valence-corrected chi connectivity index (χ4v) is 4.02. The predicted molar refractivity (Wildman–Crippen MR) is 87.1 cm³/mol. The molecule has 1 heterocycles. The van der Waals surface area contributed by atoms with E-state index in [4.69, 9.17) is 11.6 Å². The van der Waals surface area contributed by atoms with Crippen molar-refractivity contribution in [1.82, 2.24) is 0 Å². The molecule has 1 aromatic carbocycles. The van der Waals surface area contributed by atoms with E-state index in [-0.39, 0.29) is 16.3 Å². The van der Waals surface area contributed by atoms with Crippen LogP contribution in [-0.2, 0) is 12.8 Å². The van der Waals surface area contributed by atoms with E-state index in [9.17, 15) is 20.2 Å². The maximum absolute atomic E-state index is 12.4. The number of fused-ring (bicyclic) bond motifs is 1. The number of aryl methyl sites for hydroxylation is 1. The highest BCUT2D eigenvalue weighted by molar-refractivity contribution is 7.16. The second kappa shape index (κ2) is 5.99. The number of non-ortho nitro benzene ring substituents is 1. The van der Waals surface area contributed by atoms with Gasteiger partial charge < -0.3 is 5.32 Å². The van der Waals surface area contributed by atoms with Crippen LogP contribution in [0.15, 0.2) is 18.2 Å². The van der Waals surface area contributed by atoms with E-state index < -0.39 is 10.8 Å². The third-order valence-electron chi connectivity index (χ3n) is 3.67. The highest BCUT2D eigenvalue weighted by Crippen LogP contribution is 2.39. The van der Waals surface area contributed by atoms with Gasteiger partial charge in [0, 0.05) is 17.0 Å². The van der Waals surface area contributed by atoms with E-state index in [1.165, 1.54) is 23.5 Å². The summed E-state index contributed by atoms with van der Waals surface area (Å²) in [6.45, 7) is 0. The Labute approximate surface area is 140 Å². The smallest absolute Gasteiger partial charge is 0.270 e. The van der Waals surface area contributed by atoms with Crippen LogP contribution >= 0.6 is 22.9 Å². The molecule has 6 nitrogen and oxygen atoms in total. The molecule has 0 spiro atoms. The highest BCUT2D eigenvalue weighted by atomic mass is 35.5. The second-order valence-electron chi connectivity index (χ2n) is 5.05. The minimum atomic E-state index is -0.590. The van der Waals surface area contributed by atoms with Gasteiger partial charge in [-0.1, -0.05) is 11.6 Å². The summed E-state index contributed by atoms with van der Waals surface area (Å²) in [5.74, 6) is -0.560. The zero-order valence-corrected chi connectivity index (χ0v) is 13.3. The number of carbonyl (C=O) groups excluding carboxylic acids is 1. The average molecular weight is 348 g/mol. The Morgan fingerprint density at radius 2 is 2.22 bits per heavy atom. The molecule has 0 unspecified atom stereocenters. The number of thiophene rings is 1. The van der Waals surface area contributed by atoms with Gasteiger partial charge >= 0.3 is 0 Å². The van der Waals surface area contributed by atoms with E-state index in [2.05, 4.69) is 11.4 Å². The summed E-state index contributed by atoms with van der Waals surface area (Å²) in [6, 6.07) is 5.81. The summed E-state index contributed by atoms with van der Waals surface area (Å²) >= 11 is 7.35. The van der Waals surface area contributed by atoms with Crippen LogP contribution < -0.4 is 5.32 Å². The zero-order chi connectivity index (χ0) is 16.6. The lowest BCUT2D eigenvalue weighted by Crippen LogP contribution is -2.13. The van der Waals surface area contributed by atoms with Crippen LogP contribution in [0.2, 0.25) is 5.02 Å². The summed E-state index contributed by atoms with van der Waals surface area (Å²) in [4.78, 5) is 23.7. The molecular weight excluding hydrogens is 338 g/mol. The quantitative estimate of drug-likeness (QED) is 0.672. The molecule has 0 atom stereocenters. The maximum atomic E-state index is 12.4. The van der Waals surface area contributed by atoms with Crippen LogP contribution in [0.1, 0.15) is 32.8 Å². The molecule has 0 fully saturated rings. The van der Waals surface area contributed by atoms with E-state index >= 15 is 0 Å². The van der Waals surface area contributed by atoms with Crippen molar-refractivity contribution in [1.29, 1.82) is 5.26 Å². The third-order valence-corrected chi connectivity index (χ3v) is 5.20. The molecule has 116 valence electrons. The Morgan fingerprint density at radius 3 is 2.91 bits per heavy atom. The zero-order valence-electron chi connectivity index (χ0n) is 11.8. The fourth-order valence-electron chi connectivity index (χ4n) is 2.58. The molecular formula is C15H10ClN3O3S. The molecule has 1 aromatic heterocycles. The van der Waals surface area contributed by atoms with Crippen molar-refractivity contribution in [3.05, 3.63) is 54.9 Å². The molecule has 1 amide bonds. The summed E-state index contributed by atoms with van der Waals surface area (Å²) in [5.41, 5.74) is 1.28. The number of anilines is 1. The van der Waals surface area contributed by atoms with Crippen LogP contribution in [0.25, 0.3) is 0 Å². The molecule has 1 aliphatic rings. The van der Waals surface area contributed by atoms with E-state index in [0.717, 1.165) is 35.8 Å². The fraction of sp³-hybridized carbons (Fsp3) is 0.200. The lowest BCUT2D eigenvalue weighted by Gasteiger charge is -2.06. The first-order chi connectivity index (χ1) is 11.0. The average Bonchev–Trinajstić information content (AvgIpc) is 3.07. The SMILES string of the molecule is N#Cc1c(NC(=O)c2cc([N+](=O)[O-])ccc2Cl)sc2c1CCC2. The van der Waals surface area contributed by atoms with Gasteiger partial charge in [0.1, 0.15) is 11.1 Å². The van der Waals surface area contributed by atoms with Gasteiger partial charge in [0.15, 0.2) is 0 Å². The second-order valence-corrected chi connectivity index (χ2v) is 6.56. The van der Waals surface area contributed by atoms with Gasteiger partial charge in [-0.05, 0) is 30.9 Å². The van der Waals surface area contributed by atoms with Crippen molar-refractivity contribution in [2.24, 2.45) is 0 Å². The van der Waals surface area contributed by atoms with Crippen molar-refractivity contribution in [2.45, 2.75) is 19.3 Å². The number of nitrogens with one attached hydrogen (secondary N) is 1. The number of nitro groups is 1. The molecule has 1 N–H and O–H groups in total. The number of amides is 1. The van der Waals surface area contributed by atoms with Crippen LogP contribution in [0.3, 0.4) is 0 Å². The Morgan fingerprint density at radius 1 is 1.43 bits per heavy atom. The van der Waals surface area contributed by atoms with Gasteiger partial charge in [-0.3, -0.25) is 14.9 Å². The van der Waals surface area contributed by atoms with Crippen molar-refractivity contribution in [3.8, 4) is 6.07 Å². The summed E-state index contributed by atoms with van der Waals surface area (Å²) in [7, 11) is 0. The van der Waals surface area contributed by atoms with Crippen LogP contribution in [-0.4, -0.2) is 10.8 Å². The number of nitrogens with zero attached hydrogens (tertiary/aromatic N) is 2. The van der Waals surface area contributed by atoms with Crippen molar-refractivity contribution in [2.75, 3.05) is 5.32 Å². The first-order valence-electron chi connectivity index (χ1n) is 6.81. The molecule has 3 rings (SSSR count). The third kappa shape index (κ3) is 2.79. The molecule has 0 bridgehead atoms. The molecule has 0 aliphatic heterocycles. The van der Waals surface area contributed by atoms with Crippen molar-refractivity contribution in [3.63, 3.8) is 0 Å². The largest absolute Gasteiger partial charge is 0.312 e. The standard InChI is InChI=1S/C15H10ClN3O3S/c16-12-5-4-8(19(21)22)6-10(12)14(20)18-15-11(7-17)9-2-1-3-13(9)23-15/h4-6H,1-3H2,(H,18,20). The Kier molecular flexibility index (Phi) is 4.03. The molecule has 1 aliphatic carbocycles. The molecule has 8 heteroatoms. The van der Waals surface area contributed by atoms with Crippen molar-refractivity contribution < 1.29 is 9.72 Å². The number of nitro benzene ring substituents is 1. The Balaban J connectivity index is 1.93. The van der Waals surface area contributed by atoms with Gasteiger partial charge in [0.05, 0.1) is 21.1 Å². The van der Waals surface area contributed by atoms with E-state index in [0.29, 0.717) is 10.6 Å². The van der Waals surface area contributed by atoms with E-state index in [1.54, 1.807) is 0 Å². The number of nitriles is 1. The number of hydrogen-bond donors (Lipinski definition) is 1. The molecule has 23 heavy (non-hydrogen) atoms. The first kappa shape index (κ1) is 15.5. The maximum Gasteiger partial charge on any atom is 0.270 e. The first-order valence-corrected chi connectivity index (χ1v) is 8.00. The lowest BCUT2D eigenvalue weighted by atomic mass is 10.1. The summed E-state index contributed by atoms with van der Waals surface area (Å²) in [5, 5.41) is 23.4. The predicted octanol–water partition coefficient (Wildman–Crippen LogP) is 3.92. The minimum absolute atomic E-state index is 0.0123. The number of benzene rings is 1. The Bertz CT molecular complexity index is 870. The number of halogens is 1. The molecule has 0 saturated carbocycles. The number of hydrogen-bond acceptors (Lipinski definition) is 5. The van der Waals surface area contributed by atoms with Gasteiger partial charge in [0.2, 0.25) is 0 Å². The lowest BCUT2D eigenvalue weighted by molar-refractivity contribution is -0.384. The topological polar surface area (TPSA) is 96.0 Å². The monoisotopic (exact) mass is 347 g/mol. The van der Waals surface area contributed by atoms with Crippen molar-refractivity contribution >= 4 is 39.5 Å².